The third-order valence-electron chi connectivity index (χ3n) is 3.46. The molecule has 6 nitrogen and oxygen atoms in total. The molecule has 0 aliphatic carbocycles. The molecule has 6 heteroatoms. The number of nitrogens with zero attached hydrogens (tertiary/aromatic N) is 2. The van der Waals surface area contributed by atoms with Crippen molar-refractivity contribution in [3.8, 4) is 11.5 Å². The first-order valence-corrected chi connectivity index (χ1v) is 7.38. The lowest BCUT2D eigenvalue weighted by Crippen LogP contribution is -2.18. The van der Waals surface area contributed by atoms with E-state index in [1.807, 2.05) is 31.1 Å². The van der Waals surface area contributed by atoms with Crippen LogP contribution in [0.3, 0.4) is 0 Å². The number of amides is 1. The highest BCUT2D eigenvalue weighted by atomic mass is 16.5. The maximum atomic E-state index is 12.1. The number of carbonyl (C=O) groups excluding carboxylic acids is 1. The molecule has 0 aliphatic heterocycles. The lowest BCUT2D eigenvalue weighted by molar-refractivity contribution is 0.0955. The summed E-state index contributed by atoms with van der Waals surface area (Å²) < 4.78 is 10.4. The van der Waals surface area contributed by atoms with Gasteiger partial charge < -0.3 is 14.4 Å². The fourth-order valence-corrected chi connectivity index (χ4v) is 2.06. The van der Waals surface area contributed by atoms with E-state index in [0.29, 0.717) is 17.1 Å². The Balaban J connectivity index is 2.04. The first-order chi connectivity index (χ1) is 11.5. The van der Waals surface area contributed by atoms with E-state index in [-0.39, 0.29) is 5.91 Å². The van der Waals surface area contributed by atoms with E-state index < -0.39 is 0 Å². The third-order valence-corrected chi connectivity index (χ3v) is 3.46. The van der Waals surface area contributed by atoms with Gasteiger partial charge in [-0.05, 0) is 36.4 Å². The highest BCUT2D eigenvalue weighted by Crippen LogP contribution is 2.23. The topological polar surface area (TPSA) is 63.2 Å². The molecule has 0 aliphatic rings. The van der Waals surface area contributed by atoms with Crippen LogP contribution in [-0.2, 0) is 0 Å². The van der Waals surface area contributed by atoms with Crippen LogP contribution in [-0.4, -0.2) is 40.4 Å². The van der Waals surface area contributed by atoms with E-state index in [2.05, 4.69) is 10.5 Å². The molecule has 2 aromatic rings. The third kappa shape index (κ3) is 4.25. The number of ether oxygens (including phenoxy) is 2. The van der Waals surface area contributed by atoms with Gasteiger partial charge in [-0.1, -0.05) is 0 Å². The second kappa shape index (κ2) is 8.01. The standard InChI is InChI=1S/C18H21N3O3/c1-21(2)15-8-5-13(6-9-15)18(22)20-19-12-14-7-10-16(23-3)11-17(14)24-4/h5-12H,1-4H3,(H,20,22)/b19-12+. The first-order valence-electron chi connectivity index (χ1n) is 7.38. The van der Waals surface area contributed by atoms with Gasteiger partial charge in [-0.25, -0.2) is 5.43 Å². The average molecular weight is 327 g/mol. The van der Waals surface area contributed by atoms with E-state index >= 15 is 0 Å². The predicted octanol–water partition coefficient (Wildman–Crippen LogP) is 2.53. The molecule has 2 aromatic carbocycles. The zero-order valence-corrected chi connectivity index (χ0v) is 14.2. The maximum absolute atomic E-state index is 12.1. The Morgan fingerprint density at radius 3 is 2.38 bits per heavy atom. The van der Waals surface area contributed by atoms with Crippen molar-refractivity contribution < 1.29 is 14.3 Å². The van der Waals surface area contributed by atoms with Crippen LogP contribution in [0, 0.1) is 0 Å². The van der Waals surface area contributed by atoms with Crippen molar-refractivity contribution in [2.75, 3.05) is 33.2 Å². The number of hydrogen-bond acceptors (Lipinski definition) is 5. The van der Waals surface area contributed by atoms with Crippen molar-refractivity contribution in [2.24, 2.45) is 5.10 Å². The number of nitrogens with one attached hydrogen (secondary N) is 1. The van der Waals surface area contributed by atoms with Crippen molar-refractivity contribution in [3.05, 3.63) is 53.6 Å². The Morgan fingerprint density at radius 2 is 1.79 bits per heavy atom. The largest absolute Gasteiger partial charge is 0.497 e. The summed E-state index contributed by atoms with van der Waals surface area (Å²) >= 11 is 0. The number of rotatable bonds is 6. The Kier molecular flexibility index (Phi) is 5.78. The summed E-state index contributed by atoms with van der Waals surface area (Å²) in [7, 11) is 7.05. The van der Waals surface area contributed by atoms with E-state index in [9.17, 15) is 4.79 Å². The Hall–Kier alpha value is -3.02. The zero-order valence-electron chi connectivity index (χ0n) is 14.2. The van der Waals surface area contributed by atoms with Crippen molar-refractivity contribution in [3.63, 3.8) is 0 Å². The van der Waals surface area contributed by atoms with Crippen LogP contribution in [0.1, 0.15) is 15.9 Å². The number of anilines is 1. The smallest absolute Gasteiger partial charge is 0.271 e. The summed E-state index contributed by atoms with van der Waals surface area (Å²) in [4.78, 5) is 14.0. The summed E-state index contributed by atoms with van der Waals surface area (Å²) in [5, 5.41) is 3.98. The Bertz CT molecular complexity index is 725. The highest BCUT2D eigenvalue weighted by Gasteiger charge is 2.06. The van der Waals surface area contributed by atoms with E-state index in [0.717, 1.165) is 11.3 Å². The SMILES string of the molecule is COc1ccc(/C=N/NC(=O)c2ccc(N(C)C)cc2)c(OC)c1. The van der Waals surface area contributed by atoms with Gasteiger partial charge in [0.15, 0.2) is 0 Å². The van der Waals surface area contributed by atoms with Crippen LogP contribution in [0.5, 0.6) is 11.5 Å². The number of benzene rings is 2. The van der Waals surface area contributed by atoms with Gasteiger partial charge in [-0.2, -0.15) is 5.10 Å². The van der Waals surface area contributed by atoms with Crippen molar-refractivity contribution >= 4 is 17.8 Å². The molecule has 0 aromatic heterocycles. The predicted molar refractivity (Wildman–Crippen MR) is 95.4 cm³/mol. The van der Waals surface area contributed by atoms with Crippen LogP contribution in [0.2, 0.25) is 0 Å². The van der Waals surface area contributed by atoms with Crippen LogP contribution < -0.4 is 19.8 Å². The molecule has 1 amide bonds. The summed E-state index contributed by atoms with van der Waals surface area (Å²) in [6, 6.07) is 12.6. The van der Waals surface area contributed by atoms with Gasteiger partial charge in [-0.15, -0.1) is 0 Å². The summed E-state index contributed by atoms with van der Waals surface area (Å²) in [5.41, 5.74) is 4.81. The van der Waals surface area contributed by atoms with Crippen LogP contribution in [0.4, 0.5) is 5.69 Å². The minimum absolute atomic E-state index is 0.274. The molecule has 0 radical (unpaired) electrons. The molecule has 1 N–H and O–H groups in total. The lowest BCUT2D eigenvalue weighted by atomic mass is 10.2. The molecule has 0 atom stereocenters. The summed E-state index contributed by atoms with van der Waals surface area (Å²) in [6.45, 7) is 0. The normalized spacial score (nSPS) is 10.5. The minimum atomic E-state index is -0.274. The van der Waals surface area contributed by atoms with Crippen molar-refractivity contribution in [1.29, 1.82) is 0 Å². The molecule has 0 bridgehead atoms. The van der Waals surface area contributed by atoms with E-state index in [1.54, 1.807) is 44.6 Å². The van der Waals surface area contributed by atoms with Gasteiger partial charge >= 0.3 is 0 Å². The molecular weight excluding hydrogens is 306 g/mol. The van der Waals surface area contributed by atoms with Gasteiger partial charge in [0.25, 0.3) is 5.91 Å². The molecule has 0 spiro atoms. The number of carbonyl (C=O) groups is 1. The molecule has 126 valence electrons. The molecule has 0 saturated carbocycles. The van der Waals surface area contributed by atoms with Crippen LogP contribution in [0.25, 0.3) is 0 Å². The highest BCUT2D eigenvalue weighted by molar-refractivity contribution is 5.95. The van der Waals surface area contributed by atoms with Gasteiger partial charge in [0, 0.05) is 37.0 Å². The molecular formula is C18H21N3O3. The lowest BCUT2D eigenvalue weighted by Gasteiger charge is -2.12. The number of hydrazone groups is 1. The quantitative estimate of drug-likeness (QED) is 0.654. The van der Waals surface area contributed by atoms with Gasteiger partial charge in [0.2, 0.25) is 0 Å². The Morgan fingerprint density at radius 1 is 1.08 bits per heavy atom. The summed E-state index contributed by atoms with van der Waals surface area (Å²) in [6.07, 6.45) is 1.53. The second-order valence-electron chi connectivity index (χ2n) is 5.25. The number of methoxy groups -OCH3 is 2. The average Bonchev–Trinajstić information content (AvgIpc) is 2.61. The zero-order chi connectivity index (χ0) is 17.5. The molecule has 0 fully saturated rings. The van der Waals surface area contributed by atoms with Crippen LogP contribution in [0.15, 0.2) is 47.6 Å². The first kappa shape index (κ1) is 17.3. The maximum Gasteiger partial charge on any atom is 0.271 e. The molecule has 0 heterocycles. The van der Waals surface area contributed by atoms with Crippen molar-refractivity contribution in [2.45, 2.75) is 0 Å². The summed E-state index contributed by atoms with van der Waals surface area (Å²) in [5.74, 6) is 1.03. The van der Waals surface area contributed by atoms with Crippen LogP contribution >= 0.6 is 0 Å². The van der Waals surface area contributed by atoms with Gasteiger partial charge in [-0.3, -0.25) is 4.79 Å². The molecule has 0 unspecified atom stereocenters. The number of hydrogen-bond donors (Lipinski definition) is 1. The Labute approximate surface area is 141 Å². The molecule has 24 heavy (non-hydrogen) atoms. The monoisotopic (exact) mass is 327 g/mol. The van der Waals surface area contributed by atoms with E-state index in [1.165, 1.54) is 6.21 Å². The molecule has 2 rings (SSSR count). The minimum Gasteiger partial charge on any atom is -0.497 e. The van der Waals surface area contributed by atoms with Gasteiger partial charge in [0.05, 0.1) is 20.4 Å². The van der Waals surface area contributed by atoms with Gasteiger partial charge in [0.1, 0.15) is 11.5 Å². The second-order valence-corrected chi connectivity index (χ2v) is 5.25. The fraction of sp³-hybridized carbons (Fsp3) is 0.222. The fourth-order valence-electron chi connectivity index (χ4n) is 2.06. The van der Waals surface area contributed by atoms with Crippen molar-refractivity contribution in [1.82, 2.24) is 5.43 Å². The molecule has 0 saturated heterocycles. The van der Waals surface area contributed by atoms with E-state index in [4.69, 9.17) is 9.47 Å².